The van der Waals surface area contributed by atoms with Crippen molar-refractivity contribution in [2.24, 2.45) is 0 Å². The minimum Gasteiger partial charge on any atom is -0.456 e. The number of benzene rings is 2. The molecule has 0 aliphatic heterocycles. The number of hydrogen-bond donors (Lipinski definition) is 1. The van der Waals surface area contributed by atoms with Gasteiger partial charge < -0.3 is 14.6 Å². The third-order valence-corrected chi connectivity index (χ3v) is 4.90. The highest BCUT2D eigenvalue weighted by Gasteiger charge is 2.13. The van der Waals surface area contributed by atoms with Crippen LogP contribution in [0.4, 0.5) is 5.69 Å². The predicted molar refractivity (Wildman–Crippen MR) is 109 cm³/mol. The summed E-state index contributed by atoms with van der Waals surface area (Å²) >= 11 is 1.54. The third-order valence-electron chi connectivity index (χ3n) is 4.22. The van der Waals surface area contributed by atoms with Crippen molar-refractivity contribution in [2.75, 3.05) is 11.9 Å². The highest BCUT2D eigenvalue weighted by atomic mass is 32.1. The van der Waals surface area contributed by atoms with Crippen LogP contribution in [-0.4, -0.2) is 28.6 Å². The Morgan fingerprint density at radius 3 is 2.83 bits per heavy atom. The predicted octanol–water partition coefficient (Wildman–Crippen LogP) is 4.07. The summed E-state index contributed by atoms with van der Waals surface area (Å²) in [6, 6.07) is 15.2. The molecule has 4 rings (SSSR count). The van der Waals surface area contributed by atoms with Gasteiger partial charge in [-0.1, -0.05) is 41.6 Å². The van der Waals surface area contributed by atoms with Crippen molar-refractivity contribution in [3.05, 3.63) is 65.2 Å². The molecule has 29 heavy (non-hydrogen) atoms. The van der Waals surface area contributed by atoms with Gasteiger partial charge in [-0.3, -0.25) is 9.59 Å². The average Bonchev–Trinajstić information content (AvgIpc) is 3.43. The SMILES string of the molecule is O=C(COC(=O)CCc1nc(-c2ccsc2)no1)Nc1cccc2ccccc12. The average molecular weight is 407 g/mol. The van der Waals surface area contributed by atoms with Gasteiger partial charge in [-0.05, 0) is 22.9 Å². The summed E-state index contributed by atoms with van der Waals surface area (Å²) < 4.78 is 10.2. The number of esters is 1. The normalized spacial score (nSPS) is 10.8. The van der Waals surface area contributed by atoms with Crippen LogP contribution in [0, 0.1) is 0 Å². The smallest absolute Gasteiger partial charge is 0.306 e. The molecule has 0 aliphatic carbocycles. The molecule has 0 saturated carbocycles. The molecule has 0 fully saturated rings. The first-order valence-corrected chi connectivity index (χ1v) is 9.92. The summed E-state index contributed by atoms with van der Waals surface area (Å²) in [7, 11) is 0. The molecule has 2 heterocycles. The van der Waals surface area contributed by atoms with Crippen molar-refractivity contribution in [3.63, 3.8) is 0 Å². The van der Waals surface area contributed by atoms with Crippen LogP contribution in [0.3, 0.4) is 0 Å². The molecule has 0 aliphatic rings. The molecule has 4 aromatic rings. The van der Waals surface area contributed by atoms with Crippen LogP contribution in [0.1, 0.15) is 12.3 Å². The number of thiophene rings is 1. The molecule has 0 radical (unpaired) electrons. The fourth-order valence-electron chi connectivity index (χ4n) is 2.81. The van der Waals surface area contributed by atoms with Crippen LogP contribution in [-0.2, 0) is 20.7 Å². The summed E-state index contributed by atoms with van der Waals surface area (Å²) in [5.74, 6) is -0.0620. The molecule has 8 heteroatoms. The minimum atomic E-state index is -0.506. The van der Waals surface area contributed by atoms with Crippen LogP contribution < -0.4 is 5.32 Å². The van der Waals surface area contributed by atoms with Crippen LogP contribution in [0.15, 0.2) is 63.8 Å². The van der Waals surface area contributed by atoms with Crippen LogP contribution in [0.2, 0.25) is 0 Å². The molecular formula is C21H17N3O4S. The maximum absolute atomic E-state index is 12.1. The van der Waals surface area contributed by atoms with Gasteiger partial charge in [0.2, 0.25) is 11.7 Å². The molecule has 0 saturated heterocycles. The van der Waals surface area contributed by atoms with Gasteiger partial charge in [-0.15, -0.1) is 0 Å². The second-order valence-electron chi connectivity index (χ2n) is 6.26. The van der Waals surface area contributed by atoms with Crippen LogP contribution in [0.25, 0.3) is 22.2 Å². The fourth-order valence-corrected chi connectivity index (χ4v) is 3.45. The summed E-state index contributed by atoms with van der Waals surface area (Å²) in [5, 5.41) is 12.4. The first-order chi connectivity index (χ1) is 14.2. The topological polar surface area (TPSA) is 94.3 Å². The Kier molecular flexibility index (Phi) is 5.62. The van der Waals surface area contributed by atoms with Gasteiger partial charge in [0.25, 0.3) is 5.91 Å². The summed E-state index contributed by atoms with van der Waals surface area (Å²) in [4.78, 5) is 28.3. The quantitative estimate of drug-likeness (QED) is 0.464. The lowest BCUT2D eigenvalue weighted by Crippen LogP contribution is -2.21. The Bertz CT molecular complexity index is 1130. The first kappa shape index (κ1) is 18.8. The number of amides is 1. The zero-order chi connectivity index (χ0) is 20.1. The number of nitrogens with one attached hydrogen (secondary N) is 1. The lowest BCUT2D eigenvalue weighted by atomic mass is 10.1. The first-order valence-electron chi connectivity index (χ1n) is 8.97. The van der Waals surface area contributed by atoms with Gasteiger partial charge in [-0.2, -0.15) is 16.3 Å². The monoisotopic (exact) mass is 407 g/mol. The van der Waals surface area contributed by atoms with Crippen LogP contribution >= 0.6 is 11.3 Å². The Morgan fingerprint density at radius 1 is 1.10 bits per heavy atom. The minimum absolute atomic E-state index is 0.0484. The Labute approximate surface area is 170 Å². The number of carbonyl (C=O) groups excluding carboxylic acids is 2. The molecular weight excluding hydrogens is 390 g/mol. The highest BCUT2D eigenvalue weighted by Crippen LogP contribution is 2.23. The maximum Gasteiger partial charge on any atom is 0.306 e. The molecule has 1 N–H and O–H groups in total. The molecule has 0 spiro atoms. The van der Waals surface area contributed by atoms with Crippen molar-refractivity contribution in [1.82, 2.24) is 10.1 Å². The molecule has 146 valence electrons. The van der Waals surface area contributed by atoms with Gasteiger partial charge in [0.05, 0.1) is 6.42 Å². The van der Waals surface area contributed by atoms with E-state index < -0.39 is 11.9 Å². The number of ether oxygens (including phenoxy) is 1. The number of nitrogens with zero attached hydrogens (tertiary/aromatic N) is 2. The van der Waals surface area contributed by atoms with Gasteiger partial charge in [0.1, 0.15) is 0 Å². The Morgan fingerprint density at radius 2 is 1.97 bits per heavy atom. The van der Waals surface area contributed by atoms with E-state index in [1.807, 2.05) is 59.3 Å². The lowest BCUT2D eigenvalue weighted by Gasteiger charge is -2.09. The standard InChI is InChI=1S/C21H17N3O4S/c25-18(22-17-7-3-5-14-4-1-2-6-16(14)17)12-27-20(26)9-8-19-23-21(24-28-19)15-10-11-29-13-15/h1-7,10-11,13H,8-9,12H2,(H,22,25). The summed E-state index contributed by atoms with van der Waals surface area (Å²) in [5.41, 5.74) is 1.55. The van der Waals surface area contributed by atoms with E-state index in [1.165, 1.54) is 11.3 Å². The largest absolute Gasteiger partial charge is 0.456 e. The van der Waals surface area contributed by atoms with E-state index in [4.69, 9.17) is 9.26 Å². The van der Waals surface area contributed by atoms with Crippen molar-refractivity contribution in [1.29, 1.82) is 0 Å². The zero-order valence-electron chi connectivity index (χ0n) is 15.3. The summed E-state index contributed by atoms with van der Waals surface area (Å²) in [6.07, 6.45) is 0.299. The molecule has 0 atom stereocenters. The summed E-state index contributed by atoms with van der Waals surface area (Å²) in [6.45, 7) is -0.355. The number of rotatable bonds is 7. The molecule has 0 unspecified atom stereocenters. The fraction of sp³-hybridized carbons (Fsp3) is 0.143. The molecule has 1 amide bonds. The van der Waals surface area contributed by atoms with E-state index in [9.17, 15) is 9.59 Å². The zero-order valence-corrected chi connectivity index (χ0v) is 16.1. The van der Waals surface area contributed by atoms with E-state index in [1.54, 1.807) is 0 Å². The van der Waals surface area contributed by atoms with Gasteiger partial charge in [-0.25, -0.2) is 0 Å². The van der Waals surface area contributed by atoms with E-state index >= 15 is 0 Å². The number of hydrogen-bond acceptors (Lipinski definition) is 7. The molecule has 2 aromatic carbocycles. The lowest BCUT2D eigenvalue weighted by molar-refractivity contribution is -0.147. The third kappa shape index (κ3) is 4.67. The molecule has 7 nitrogen and oxygen atoms in total. The Balaban J connectivity index is 1.26. The second-order valence-corrected chi connectivity index (χ2v) is 7.04. The number of anilines is 1. The van der Waals surface area contributed by atoms with Crippen molar-refractivity contribution in [2.45, 2.75) is 12.8 Å². The van der Waals surface area contributed by atoms with Crippen LogP contribution in [0.5, 0.6) is 0 Å². The number of aryl methyl sites for hydroxylation is 1. The van der Waals surface area contributed by atoms with E-state index in [0.717, 1.165) is 16.3 Å². The van der Waals surface area contributed by atoms with E-state index in [-0.39, 0.29) is 19.4 Å². The highest BCUT2D eigenvalue weighted by molar-refractivity contribution is 7.08. The number of fused-ring (bicyclic) bond motifs is 1. The molecule has 2 aromatic heterocycles. The second kappa shape index (κ2) is 8.66. The Hall–Kier alpha value is -3.52. The van der Waals surface area contributed by atoms with Crippen molar-refractivity contribution in [3.8, 4) is 11.4 Å². The number of aromatic nitrogens is 2. The molecule has 0 bridgehead atoms. The van der Waals surface area contributed by atoms with Gasteiger partial charge in [0.15, 0.2) is 6.61 Å². The number of carbonyl (C=O) groups is 2. The maximum atomic E-state index is 12.1. The van der Waals surface area contributed by atoms with E-state index in [0.29, 0.717) is 17.4 Å². The van der Waals surface area contributed by atoms with E-state index in [2.05, 4.69) is 15.5 Å². The van der Waals surface area contributed by atoms with Crippen molar-refractivity contribution < 1.29 is 18.8 Å². The van der Waals surface area contributed by atoms with Crippen molar-refractivity contribution >= 4 is 39.7 Å². The van der Waals surface area contributed by atoms with Gasteiger partial charge in [0, 0.05) is 28.4 Å². The van der Waals surface area contributed by atoms with Gasteiger partial charge >= 0.3 is 5.97 Å².